The van der Waals surface area contributed by atoms with Crippen LogP contribution >= 0.6 is 0 Å². The number of nitrogens with one attached hydrogen (secondary N) is 1. The SMILES string of the molecule is CC.CC.CC(=O)NCCc1cccc(C)n1. The smallest absolute Gasteiger partial charge is 0.216 e. The number of hydrogen-bond acceptors (Lipinski definition) is 2. The van der Waals surface area contributed by atoms with Crippen LogP contribution in [0.3, 0.4) is 0 Å². The van der Waals surface area contributed by atoms with Gasteiger partial charge in [0.2, 0.25) is 5.91 Å². The highest BCUT2D eigenvalue weighted by molar-refractivity contribution is 5.72. The maximum absolute atomic E-state index is 10.6. The molecular formula is C14H26N2O. The van der Waals surface area contributed by atoms with E-state index in [4.69, 9.17) is 0 Å². The zero-order valence-corrected chi connectivity index (χ0v) is 12.0. The summed E-state index contributed by atoms with van der Waals surface area (Å²) in [6.07, 6.45) is 0.793. The highest BCUT2D eigenvalue weighted by Gasteiger charge is 1.95. The van der Waals surface area contributed by atoms with Crippen LogP contribution < -0.4 is 5.32 Å². The van der Waals surface area contributed by atoms with Crippen molar-refractivity contribution in [2.75, 3.05) is 6.54 Å². The van der Waals surface area contributed by atoms with Crippen molar-refractivity contribution in [2.24, 2.45) is 0 Å². The minimum Gasteiger partial charge on any atom is -0.356 e. The lowest BCUT2D eigenvalue weighted by atomic mass is 10.2. The van der Waals surface area contributed by atoms with Gasteiger partial charge in [-0.15, -0.1) is 0 Å². The van der Waals surface area contributed by atoms with Crippen molar-refractivity contribution in [1.82, 2.24) is 10.3 Å². The van der Waals surface area contributed by atoms with Gasteiger partial charge in [-0.1, -0.05) is 33.8 Å². The maximum atomic E-state index is 10.6. The van der Waals surface area contributed by atoms with Gasteiger partial charge >= 0.3 is 0 Å². The van der Waals surface area contributed by atoms with E-state index in [0.29, 0.717) is 6.54 Å². The van der Waals surface area contributed by atoms with Gasteiger partial charge in [-0.25, -0.2) is 0 Å². The lowest BCUT2D eigenvalue weighted by Gasteiger charge is -2.02. The Morgan fingerprint density at radius 1 is 1.24 bits per heavy atom. The number of amides is 1. The third-order valence-corrected chi connectivity index (χ3v) is 1.70. The Bertz CT molecular complexity index is 298. The fraction of sp³-hybridized carbons (Fsp3) is 0.571. The van der Waals surface area contributed by atoms with Crippen molar-refractivity contribution in [1.29, 1.82) is 0 Å². The van der Waals surface area contributed by atoms with E-state index in [9.17, 15) is 4.79 Å². The van der Waals surface area contributed by atoms with E-state index in [2.05, 4.69) is 10.3 Å². The van der Waals surface area contributed by atoms with E-state index < -0.39 is 0 Å². The molecule has 0 aliphatic carbocycles. The molecule has 0 spiro atoms. The summed E-state index contributed by atoms with van der Waals surface area (Å²) in [5, 5.41) is 2.73. The van der Waals surface area contributed by atoms with Crippen molar-refractivity contribution in [3.05, 3.63) is 29.6 Å². The van der Waals surface area contributed by atoms with Crippen LogP contribution in [0, 0.1) is 6.92 Å². The van der Waals surface area contributed by atoms with Crippen molar-refractivity contribution in [3.63, 3.8) is 0 Å². The Balaban J connectivity index is 0. The topological polar surface area (TPSA) is 42.0 Å². The van der Waals surface area contributed by atoms with Gasteiger partial charge < -0.3 is 5.32 Å². The molecule has 1 heterocycles. The average Bonchev–Trinajstić information content (AvgIpc) is 2.34. The van der Waals surface area contributed by atoms with Crippen LogP contribution in [0.5, 0.6) is 0 Å². The molecule has 98 valence electrons. The first-order chi connectivity index (χ1) is 8.18. The molecule has 1 aromatic rings. The van der Waals surface area contributed by atoms with Crippen LogP contribution in [0.1, 0.15) is 46.0 Å². The number of pyridine rings is 1. The Morgan fingerprint density at radius 2 is 1.82 bits per heavy atom. The van der Waals surface area contributed by atoms with Gasteiger partial charge in [-0.3, -0.25) is 9.78 Å². The molecule has 0 radical (unpaired) electrons. The predicted octanol–water partition coefficient (Wildman–Crippen LogP) is 3.12. The molecule has 0 aromatic carbocycles. The van der Waals surface area contributed by atoms with Crippen LogP contribution in [0.4, 0.5) is 0 Å². The normalized spacial score (nSPS) is 8.12. The molecule has 17 heavy (non-hydrogen) atoms. The molecular weight excluding hydrogens is 212 g/mol. The maximum Gasteiger partial charge on any atom is 0.216 e. The molecule has 0 aliphatic rings. The van der Waals surface area contributed by atoms with Gasteiger partial charge in [0.1, 0.15) is 0 Å². The fourth-order valence-electron chi connectivity index (χ4n) is 1.11. The number of carbonyl (C=O) groups excluding carboxylic acids is 1. The molecule has 3 nitrogen and oxygen atoms in total. The van der Waals surface area contributed by atoms with Crippen LogP contribution in [0.25, 0.3) is 0 Å². The second kappa shape index (κ2) is 12.7. The first kappa shape index (κ1) is 18.0. The molecule has 0 unspecified atom stereocenters. The number of aromatic nitrogens is 1. The summed E-state index contributed by atoms with van der Waals surface area (Å²) in [6, 6.07) is 5.90. The minimum absolute atomic E-state index is 0.00709. The average molecular weight is 238 g/mol. The number of aryl methyl sites for hydroxylation is 1. The molecule has 0 saturated heterocycles. The Labute approximate surface area is 106 Å². The van der Waals surface area contributed by atoms with E-state index in [1.54, 1.807) is 0 Å². The van der Waals surface area contributed by atoms with Gasteiger partial charge in [0.15, 0.2) is 0 Å². The van der Waals surface area contributed by atoms with Crippen LogP contribution in [0.2, 0.25) is 0 Å². The second-order valence-corrected chi connectivity index (χ2v) is 3.00. The highest BCUT2D eigenvalue weighted by atomic mass is 16.1. The summed E-state index contributed by atoms with van der Waals surface area (Å²) < 4.78 is 0. The van der Waals surface area contributed by atoms with Gasteiger partial charge in [0.25, 0.3) is 0 Å². The summed E-state index contributed by atoms with van der Waals surface area (Å²) >= 11 is 0. The zero-order chi connectivity index (χ0) is 13.7. The summed E-state index contributed by atoms with van der Waals surface area (Å²) in [5.74, 6) is 0.00709. The lowest BCUT2D eigenvalue weighted by molar-refractivity contribution is -0.118. The quantitative estimate of drug-likeness (QED) is 0.879. The molecule has 0 fully saturated rings. The standard InChI is InChI=1S/C10H14N2O.2C2H6/c1-8-4-3-5-10(12-8)6-7-11-9(2)13;2*1-2/h3-5H,6-7H2,1-2H3,(H,11,13);2*1-2H3. The summed E-state index contributed by atoms with van der Waals surface area (Å²) in [5.41, 5.74) is 2.04. The van der Waals surface area contributed by atoms with Crippen LogP contribution in [-0.2, 0) is 11.2 Å². The van der Waals surface area contributed by atoms with Gasteiger partial charge in [-0.05, 0) is 19.1 Å². The summed E-state index contributed by atoms with van der Waals surface area (Å²) in [4.78, 5) is 14.9. The highest BCUT2D eigenvalue weighted by Crippen LogP contribution is 1.97. The molecule has 1 amide bonds. The van der Waals surface area contributed by atoms with Gasteiger partial charge in [0, 0.05) is 31.3 Å². The van der Waals surface area contributed by atoms with E-state index in [1.807, 2.05) is 52.8 Å². The van der Waals surface area contributed by atoms with Crippen molar-refractivity contribution >= 4 is 5.91 Å². The second-order valence-electron chi connectivity index (χ2n) is 3.00. The van der Waals surface area contributed by atoms with Gasteiger partial charge in [-0.2, -0.15) is 0 Å². The fourth-order valence-corrected chi connectivity index (χ4v) is 1.11. The zero-order valence-electron chi connectivity index (χ0n) is 12.0. The third kappa shape index (κ3) is 10.9. The minimum atomic E-state index is 0.00709. The lowest BCUT2D eigenvalue weighted by Crippen LogP contribution is -2.22. The number of carbonyl (C=O) groups is 1. The molecule has 3 heteroatoms. The molecule has 0 saturated carbocycles. The van der Waals surface area contributed by atoms with E-state index >= 15 is 0 Å². The predicted molar refractivity (Wildman–Crippen MR) is 74.1 cm³/mol. The van der Waals surface area contributed by atoms with Crippen LogP contribution in [-0.4, -0.2) is 17.4 Å². The van der Waals surface area contributed by atoms with Crippen molar-refractivity contribution in [3.8, 4) is 0 Å². The Kier molecular flexibility index (Phi) is 13.4. The van der Waals surface area contributed by atoms with E-state index in [1.165, 1.54) is 6.92 Å². The number of nitrogens with zero attached hydrogens (tertiary/aromatic N) is 1. The molecule has 1 N–H and O–H groups in total. The first-order valence-corrected chi connectivity index (χ1v) is 6.35. The van der Waals surface area contributed by atoms with E-state index in [0.717, 1.165) is 17.8 Å². The third-order valence-electron chi connectivity index (χ3n) is 1.70. The van der Waals surface area contributed by atoms with Crippen molar-refractivity contribution < 1.29 is 4.79 Å². The molecule has 0 aliphatic heterocycles. The Hall–Kier alpha value is -1.38. The molecule has 0 atom stereocenters. The number of rotatable bonds is 3. The first-order valence-electron chi connectivity index (χ1n) is 6.35. The van der Waals surface area contributed by atoms with Crippen molar-refractivity contribution in [2.45, 2.75) is 48.0 Å². The molecule has 1 rings (SSSR count). The summed E-state index contributed by atoms with van der Waals surface area (Å²) in [7, 11) is 0. The monoisotopic (exact) mass is 238 g/mol. The number of hydrogen-bond donors (Lipinski definition) is 1. The molecule has 0 bridgehead atoms. The Morgan fingerprint density at radius 3 is 2.29 bits per heavy atom. The molecule has 1 aromatic heterocycles. The van der Waals surface area contributed by atoms with Gasteiger partial charge in [0.05, 0.1) is 0 Å². The van der Waals surface area contributed by atoms with E-state index in [-0.39, 0.29) is 5.91 Å². The largest absolute Gasteiger partial charge is 0.356 e. The summed E-state index contributed by atoms with van der Waals surface area (Å²) in [6.45, 7) is 12.1. The van der Waals surface area contributed by atoms with Crippen LogP contribution in [0.15, 0.2) is 18.2 Å².